The maximum Gasteiger partial charge on any atom is 0.178 e. The Balaban J connectivity index is 1.79. The fourth-order valence-electron chi connectivity index (χ4n) is 2.38. The lowest BCUT2D eigenvalue weighted by Crippen LogP contribution is -2.08. The summed E-state index contributed by atoms with van der Waals surface area (Å²) in [6.07, 6.45) is 4.16. The van der Waals surface area contributed by atoms with Gasteiger partial charge in [0.15, 0.2) is 5.65 Å². The van der Waals surface area contributed by atoms with Crippen LogP contribution in [0.15, 0.2) is 36.5 Å². The molecule has 7 heteroatoms. The van der Waals surface area contributed by atoms with Crippen molar-refractivity contribution in [3.05, 3.63) is 36.5 Å². The van der Waals surface area contributed by atoms with Gasteiger partial charge in [0.2, 0.25) is 0 Å². The predicted molar refractivity (Wildman–Crippen MR) is 94.9 cm³/mol. The first-order chi connectivity index (χ1) is 11.7. The lowest BCUT2D eigenvalue weighted by Gasteiger charge is -2.11. The minimum Gasteiger partial charge on any atom is -0.617 e. The molecule has 3 rings (SSSR count). The smallest absolute Gasteiger partial charge is 0.178 e. The largest absolute Gasteiger partial charge is 0.617 e. The fourth-order valence-corrected chi connectivity index (χ4v) is 2.91. The number of hydrogen-bond donors (Lipinski definition) is 1. The lowest BCUT2D eigenvalue weighted by atomic mass is 10.2. The second kappa shape index (κ2) is 7.55. The summed E-state index contributed by atoms with van der Waals surface area (Å²) < 4.78 is 22.2. The number of pyridine rings is 1. The van der Waals surface area contributed by atoms with E-state index in [-0.39, 0.29) is 0 Å². The fraction of sp³-hybridized carbons (Fsp3) is 0.294. The first-order valence-electron chi connectivity index (χ1n) is 7.59. The monoisotopic (exact) mass is 345 g/mol. The van der Waals surface area contributed by atoms with E-state index in [2.05, 4.69) is 15.0 Å². The number of nitrogens with one attached hydrogen (secondary N) is 1. The van der Waals surface area contributed by atoms with Crippen molar-refractivity contribution < 1.29 is 14.0 Å². The van der Waals surface area contributed by atoms with Crippen LogP contribution in [0.3, 0.4) is 0 Å². The molecule has 0 radical (unpaired) electrons. The highest BCUT2D eigenvalue weighted by atomic mass is 32.2. The third-order valence-electron chi connectivity index (χ3n) is 3.53. The van der Waals surface area contributed by atoms with E-state index in [4.69, 9.17) is 9.47 Å². The van der Waals surface area contributed by atoms with E-state index < -0.39 is 11.2 Å². The Bertz CT molecular complexity index is 787. The molecule has 0 aliphatic heterocycles. The summed E-state index contributed by atoms with van der Waals surface area (Å²) in [6, 6.07) is 9.41. The Morgan fingerprint density at radius 1 is 1.29 bits per heavy atom. The molecule has 24 heavy (non-hydrogen) atoms. The minimum atomic E-state index is -0.789. The van der Waals surface area contributed by atoms with Gasteiger partial charge in [-0.25, -0.2) is 9.97 Å². The molecule has 0 fully saturated rings. The van der Waals surface area contributed by atoms with Crippen LogP contribution >= 0.6 is 0 Å². The Kier molecular flexibility index (Phi) is 5.22. The van der Waals surface area contributed by atoms with Gasteiger partial charge in [-0.3, -0.25) is 0 Å². The van der Waals surface area contributed by atoms with Gasteiger partial charge >= 0.3 is 0 Å². The van der Waals surface area contributed by atoms with Crippen LogP contribution in [0.2, 0.25) is 0 Å². The number of methoxy groups -OCH3 is 1. The highest BCUT2D eigenvalue weighted by Crippen LogP contribution is 2.32. The molecule has 0 aliphatic carbocycles. The van der Waals surface area contributed by atoms with E-state index >= 15 is 0 Å². The molecule has 1 atom stereocenters. The number of imidazole rings is 1. The molecule has 0 saturated carbocycles. The molecule has 0 saturated heterocycles. The zero-order chi connectivity index (χ0) is 16.9. The van der Waals surface area contributed by atoms with E-state index in [1.807, 2.05) is 30.3 Å². The quantitative estimate of drug-likeness (QED) is 0.526. The molecule has 1 unspecified atom stereocenters. The van der Waals surface area contributed by atoms with E-state index in [0.29, 0.717) is 35.3 Å². The molecule has 0 aliphatic rings. The molecular weight excluding hydrogens is 326 g/mol. The van der Waals surface area contributed by atoms with Crippen LogP contribution < -0.4 is 9.47 Å². The number of hydrogen-bond acceptors (Lipinski definition) is 5. The van der Waals surface area contributed by atoms with Gasteiger partial charge in [0.1, 0.15) is 23.1 Å². The van der Waals surface area contributed by atoms with E-state index in [9.17, 15) is 4.55 Å². The molecule has 1 N–H and O–H groups in total. The van der Waals surface area contributed by atoms with Crippen molar-refractivity contribution in [1.29, 1.82) is 0 Å². The van der Waals surface area contributed by atoms with Crippen LogP contribution in [0.4, 0.5) is 0 Å². The Labute approximate surface area is 143 Å². The number of nitrogens with zero attached hydrogens (tertiary/aromatic N) is 2. The summed E-state index contributed by atoms with van der Waals surface area (Å²) in [6.45, 7) is 0.524. The first kappa shape index (κ1) is 16.6. The van der Waals surface area contributed by atoms with Crippen molar-refractivity contribution in [2.75, 3.05) is 25.7 Å². The molecule has 2 heterocycles. The van der Waals surface area contributed by atoms with Gasteiger partial charge in [-0.05, 0) is 24.3 Å². The summed E-state index contributed by atoms with van der Waals surface area (Å²) in [7, 11) is 1.61. The standard InChI is InChI=1S/C17H19N3O3S/c1-22-15-11-12(23-9-4-10-24(2)21)6-7-13(15)16-19-14-5-3-8-18-17(14)20-16/h3,5-8,11H,4,9-10H2,1-2H3,(H,18,19,20). The predicted octanol–water partition coefficient (Wildman–Crippen LogP) is 2.78. The lowest BCUT2D eigenvalue weighted by molar-refractivity contribution is 0.315. The Morgan fingerprint density at radius 3 is 2.92 bits per heavy atom. The molecular formula is C17H19N3O3S. The summed E-state index contributed by atoms with van der Waals surface area (Å²) in [5.74, 6) is 2.73. The molecule has 3 aromatic rings. The van der Waals surface area contributed by atoms with Crippen molar-refractivity contribution in [2.24, 2.45) is 0 Å². The number of ether oxygens (including phenoxy) is 2. The SMILES string of the molecule is COc1cc(OCCC[S+](C)[O-])ccc1-c1nc2ncccc2[nH]1. The van der Waals surface area contributed by atoms with Crippen LogP contribution in [0.1, 0.15) is 6.42 Å². The molecule has 6 nitrogen and oxygen atoms in total. The average Bonchev–Trinajstić information content (AvgIpc) is 3.02. The van der Waals surface area contributed by atoms with Crippen LogP contribution in [0.5, 0.6) is 11.5 Å². The minimum absolute atomic E-state index is 0.524. The van der Waals surface area contributed by atoms with Gasteiger partial charge in [0, 0.05) is 18.7 Å². The highest BCUT2D eigenvalue weighted by molar-refractivity contribution is 7.90. The first-order valence-corrected chi connectivity index (χ1v) is 9.32. The van der Waals surface area contributed by atoms with Crippen molar-refractivity contribution >= 4 is 22.3 Å². The number of benzene rings is 1. The van der Waals surface area contributed by atoms with Crippen molar-refractivity contribution in [3.63, 3.8) is 0 Å². The molecule has 0 amide bonds. The summed E-state index contributed by atoms with van der Waals surface area (Å²) in [4.78, 5) is 12.0. The molecule has 126 valence electrons. The zero-order valence-corrected chi connectivity index (χ0v) is 14.4. The Morgan fingerprint density at radius 2 is 2.17 bits per heavy atom. The average molecular weight is 345 g/mol. The second-order valence-corrected chi connectivity index (χ2v) is 6.86. The molecule has 1 aromatic carbocycles. The van der Waals surface area contributed by atoms with E-state index in [1.165, 1.54) is 0 Å². The number of H-pyrrole nitrogens is 1. The van der Waals surface area contributed by atoms with Gasteiger partial charge in [-0.2, -0.15) is 0 Å². The molecule has 2 aromatic heterocycles. The molecule has 0 spiro atoms. The molecule has 0 bridgehead atoms. The number of rotatable bonds is 7. The maximum atomic E-state index is 11.1. The number of fused-ring (bicyclic) bond motifs is 1. The summed E-state index contributed by atoms with van der Waals surface area (Å²) in [5.41, 5.74) is 2.39. The van der Waals surface area contributed by atoms with Crippen LogP contribution in [0.25, 0.3) is 22.6 Å². The van der Waals surface area contributed by atoms with Crippen molar-refractivity contribution in [2.45, 2.75) is 6.42 Å². The van der Waals surface area contributed by atoms with Crippen LogP contribution in [0, 0.1) is 0 Å². The van der Waals surface area contributed by atoms with Crippen molar-refractivity contribution in [3.8, 4) is 22.9 Å². The van der Waals surface area contributed by atoms with Gasteiger partial charge in [-0.15, -0.1) is 0 Å². The normalized spacial score (nSPS) is 12.3. The van der Waals surface area contributed by atoms with Crippen LogP contribution in [-0.4, -0.2) is 45.2 Å². The van der Waals surface area contributed by atoms with E-state index in [0.717, 1.165) is 17.5 Å². The zero-order valence-electron chi connectivity index (χ0n) is 13.6. The van der Waals surface area contributed by atoms with E-state index in [1.54, 1.807) is 19.6 Å². The van der Waals surface area contributed by atoms with Gasteiger partial charge < -0.3 is 19.0 Å². The maximum absolute atomic E-state index is 11.1. The highest BCUT2D eigenvalue weighted by Gasteiger charge is 2.12. The number of aromatic nitrogens is 3. The van der Waals surface area contributed by atoms with Crippen molar-refractivity contribution in [1.82, 2.24) is 15.0 Å². The Hall–Kier alpha value is -2.25. The van der Waals surface area contributed by atoms with Gasteiger partial charge in [0.25, 0.3) is 0 Å². The summed E-state index contributed by atoms with van der Waals surface area (Å²) >= 11 is -0.789. The van der Waals surface area contributed by atoms with Gasteiger partial charge in [0.05, 0.1) is 31.1 Å². The topological polar surface area (TPSA) is 83.1 Å². The van der Waals surface area contributed by atoms with Gasteiger partial charge in [-0.1, -0.05) is 11.2 Å². The third-order valence-corrected chi connectivity index (χ3v) is 4.39. The number of aromatic amines is 1. The van der Waals surface area contributed by atoms with Crippen LogP contribution in [-0.2, 0) is 11.2 Å². The second-order valence-electron chi connectivity index (χ2n) is 5.30. The third kappa shape index (κ3) is 3.80. The summed E-state index contributed by atoms with van der Waals surface area (Å²) in [5, 5.41) is 0.